The number of aliphatic hydroxyl groups excluding tert-OH is 1. The van der Waals surface area contributed by atoms with Crippen LogP contribution < -0.4 is 4.74 Å². The van der Waals surface area contributed by atoms with Crippen molar-refractivity contribution in [3.05, 3.63) is 28.2 Å². The number of aliphatic hydroxyl groups is 1. The van der Waals surface area contributed by atoms with E-state index in [1.54, 1.807) is 0 Å². The van der Waals surface area contributed by atoms with E-state index in [9.17, 15) is 5.11 Å². The van der Waals surface area contributed by atoms with Crippen molar-refractivity contribution in [2.75, 3.05) is 0 Å². The fourth-order valence-corrected chi connectivity index (χ4v) is 2.82. The second kappa shape index (κ2) is 4.62. The summed E-state index contributed by atoms with van der Waals surface area (Å²) in [6.45, 7) is 6.24. The van der Waals surface area contributed by atoms with E-state index < -0.39 is 0 Å². The van der Waals surface area contributed by atoms with E-state index in [1.807, 2.05) is 25.1 Å². The van der Waals surface area contributed by atoms with Gasteiger partial charge in [-0.15, -0.1) is 0 Å². The number of benzene rings is 1. The summed E-state index contributed by atoms with van der Waals surface area (Å²) in [5.74, 6) is 0.921. The lowest BCUT2D eigenvalue weighted by atomic mass is 9.63. The highest BCUT2D eigenvalue weighted by atomic mass is 79.9. The molecular weight excluding hydrogens is 280 g/mol. The molecule has 1 aliphatic carbocycles. The standard InChI is InChI=1S/C14H19BrO2/c1-4-14(3)12(16)8-13(14)17-11-6-5-10(15)7-9(11)2/h5-7,12-13,16H,4,8H2,1-3H3. The summed E-state index contributed by atoms with van der Waals surface area (Å²) in [4.78, 5) is 0. The van der Waals surface area contributed by atoms with Gasteiger partial charge in [0.25, 0.3) is 0 Å². The number of aryl methyl sites for hydroxylation is 1. The van der Waals surface area contributed by atoms with Crippen LogP contribution in [0.2, 0.25) is 0 Å². The van der Waals surface area contributed by atoms with E-state index in [2.05, 4.69) is 29.8 Å². The summed E-state index contributed by atoms with van der Waals surface area (Å²) < 4.78 is 7.10. The lowest BCUT2D eigenvalue weighted by Crippen LogP contribution is -2.57. The lowest BCUT2D eigenvalue weighted by Gasteiger charge is -2.50. The van der Waals surface area contributed by atoms with Gasteiger partial charge in [-0.3, -0.25) is 0 Å². The van der Waals surface area contributed by atoms with Crippen molar-refractivity contribution in [3.8, 4) is 5.75 Å². The minimum absolute atomic E-state index is 0.0977. The molecule has 0 amide bonds. The van der Waals surface area contributed by atoms with Gasteiger partial charge in [-0.2, -0.15) is 0 Å². The molecule has 1 aromatic rings. The first-order valence-corrected chi connectivity index (χ1v) is 6.87. The molecule has 0 bridgehead atoms. The number of hydrogen-bond acceptors (Lipinski definition) is 2. The Kier molecular flexibility index (Phi) is 3.50. The minimum Gasteiger partial charge on any atom is -0.489 e. The Morgan fingerprint density at radius 3 is 2.76 bits per heavy atom. The highest BCUT2D eigenvalue weighted by molar-refractivity contribution is 9.10. The molecule has 17 heavy (non-hydrogen) atoms. The molecule has 1 aliphatic rings. The van der Waals surface area contributed by atoms with Gasteiger partial charge in [-0.25, -0.2) is 0 Å². The molecule has 3 unspecified atom stereocenters. The Bertz CT molecular complexity index is 419. The average molecular weight is 299 g/mol. The Morgan fingerprint density at radius 1 is 1.53 bits per heavy atom. The van der Waals surface area contributed by atoms with Gasteiger partial charge < -0.3 is 9.84 Å². The molecule has 3 atom stereocenters. The lowest BCUT2D eigenvalue weighted by molar-refractivity contribution is -0.147. The van der Waals surface area contributed by atoms with E-state index in [0.29, 0.717) is 0 Å². The first kappa shape index (κ1) is 12.9. The molecule has 1 fully saturated rings. The second-order valence-electron chi connectivity index (χ2n) is 5.13. The Morgan fingerprint density at radius 2 is 2.24 bits per heavy atom. The zero-order valence-corrected chi connectivity index (χ0v) is 12.1. The van der Waals surface area contributed by atoms with Crippen LogP contribution in [0.15, 0.2) is 22.7 Å². The third-order valence-electron chi connectivity index (χ3n) is 4.10. The quantitative estimate of drug-likeness (QED) is 0.922. The van der Waals surface area contributed by atoms with Crippen LogP contribution in [0.25, 0.3) is 0 Å². The molecule has 3 heteroatoms. The average Bonchev–Trinajstić information content (AvgIpc) is 2.30. The summed E-state index contributed by atoms with van der Waals surface area (Å²) in [5, 5.41) is 9.84. The summed E-state index contributed by atoms with van der Waals surface area (Å²) in [5.41, 5.74) is 1.03. The maximum Gasteiger partial charge on any atom is 0.122 e. The molecule has 94 valence electrons. The number of hydrogen-bond donors (Lipinski definition) is 1. The van der Waals surface area contributed by atoms with E-state index in [0.717, 1.165) is 28.6 Å². The molecule has 2 nitrogen and oxygen atoms in total. The van der Waals surface area contributed by atoms with Gasteiger partial charge in [-0.1, -0.05) is 29.8 Å². The monoisotopic (exact) mass is 298 g/mol. The van der Waals surface area contributed by atoms with E-state index >= 15 is 0 Å². The molecule has 1 saturated carbocycles. The van der Waals surface area contributed by atoms with Crippen LogP contribution in [-0.4, -0.2) is 17.3 Å². The Hall–Kier alpha value is -0.540. The van der Waals surface area contributed by atoms with Crippen molar-refractivity contribution in [2.45, 2.75) is 45.8 Å². The highest BCUT2D eigenvalue weighted by Crippen LogP contribution is 2.46. The molecule has 1 N–H and O–H groups in total. The SMILES string of the molecule is CCC1(C)C(O)CC1Oc1ccc(Br)cc1C. The van der Waals surface area contributed by atoms with Crippen LogP contribution in [0.4, 0.5) is 0 Å². The molecule has 0 spiro atoms. The fourth-order valence-electron chi connectivity index (χ4n) is 2.34. The summed E-state index contributed by atoms with van der Waals surface area (Å²) >= 11 is 3.44. The summed E-state index contributed by atoms with van der Waals surface area (Å²) in [6, 6.07) is 6.02. The van der Waals surface area contributed by atoms with Crippen molar-refractivity contribution < 1.29 is 9.84 Å². The topological polar surface area (TPSA) is 29.5 Å². The van der Waals surface area contributed by atoms with Gasteiger partial charge in [0.15, 0.2) is 0 Å². The van der Waals surface area contributed by atoms with E-state index in [4.69, 9.17) is 4.74 Å². The third-order valence-corrected chi connectivity index (χ3v) is 4.60. The third kappa shape index (κ3) is 2.23. The van der Waals surface area contributed by atoms with Crippen molar-refractivity contribution in [1.29, 1.82) is 0 Å². The molecule has 0 radical (unpaired) electrons. The normalized spacial score (nSPS) is 32.1. The van der Waals surface area contributed by atoms with Crippen LogP contribution in [0, 0.1) is 12.3 Å². The van der Waals surface area contributed by atoms with E-state index in [1.165, 1.54) is 0 Å². The summed E-state index contributed by atoms with van der Waals surface area (Å²) in [7, 11) is 0. The minimum atomic E-state index is -0.228. The van der Waals surface area contributed by atoms with Gasteiger partial charge in [0.05, 0.1) is 6.10 Å². The number of rotatable bonds is 3. The van der Waals surface area contributed by atoms with Gasteiger partial charge >= 0.3 is 0 Å². The number of halogens is 1. The molecule has 0 aliphatic heterocycles. The highest BCUT2D eigenvalue weighted by Gasteiger charge is 2.51. The van der Waals surface area contributed by atoms with Crippen molar-refractivity contribution in [3.63, 3.8) is 0 Å². The Balaban J connectivity index is 2.12. The summed E-state index contributed by atoms with van der Waals surface area (Å²) in [6.07, 6.45) is 1.57. The number of ether oxygens (including phenoxy) is 1. The first-order valence-electron chi connectivity index (χ1n) is 6.08. The van der Waals surface area contributed by atoms with Crippen LogP contribution in [0.3, 0.4) is 0 Å². The van der Waals surface area contributed by atoms with Gasteiger partial charge in [0.1, 0.15) is 11.9 Å². The van der Waals surface area contributed by atoms with Crippen molar-refractivity contribution in [1.82, 2.24) is 0 Å². The molecule has 0 aromatic heterocycles. The van der Waals surface area contributed by atoms with Gasteiger partial charge in [-0.05, 0) is 37.1 Å². The zero-order valence-electron chi connectivity index (χ0n) is 10.5. The fraction of sp³-hybridized carbons (Fsp3) is 0.571. The molecule has 0 heterocycles. The van der Waals surface area contributed by atoms with E-state index in [-0.39, 0.29) is 17.6 Å². The predicted molar refractivity (Wildman–Crippen MR) is 72.3 cm³/mol. The first-order chi connectivity index (χ1) is 7.97. The smallest absolute Gasteiger partial charge is 0.122 e. The molecule has 1 aromatic carbocycles. The van der Waals surface area contributed by atoms with Crippen LogP contribution in [-0.2, 0) is 0 Å². The van der Waals surface area contributed by atoms with Crippen LogP contribution in [0.5, 0.6) is 5.75 Å². The van der Waals surface area contributed by atoms with Gasteiger partial charge in [0.2, 0.25) is 0 Å². The second-order valence-corrected chi connectivity index (χ2v) is 6.04. The maximum absolute atomic E-state index is 9.84. The zero-order chi connectivity index (χ0) is 12.6. The molecule has 2 rings (SSSR count). The molecular formula is C14H19BrO2. The van der Waals surface area contributed by atoms with Crippen molar-refractivity contribution >= 4 is 15.9 Å². The largest absolute Gasteiger partial charge is 0.489 e. The predicted octanol–water partition coefficient (Wildman–Crippen LogP) is 3.69. The van der Waals surface area contributed by atoms with Crippen LogP contribution >= 0.6 is 15.9 Å². The van der Waals surface area contributed by atoms with Crippen LogP contribution in [0.1, 0.15) is 32.3 Å². The molecule has 0 saturated heterocycles. The maximum atomic E-state index is 9.84. The van der Waals surface area contributed by atoms with Crippen molar-refractivity contribution in [2.24, 2.45) is 5.41 Å². The Labute approximate surface area is 111 Å². The van der Waals surface area contributed by atoms with Gasteiger partial charge in [0, 0.05) is 16.3 Å².